The second-order valence-electron chi connectivity index (χ2n) is 5.68. The fourth-order valence-electron chi connectivity index (χ4n) is 3.49. The lowest BCUT2D eigenvalue weighted by molar-refractivity contribution is 0.123. The first kappa shape index (κ1) is 12.6. The summed E-state index contributed by atoms with van der Waals surface area (Å²) >= 11 is 0. The zero-order valence-corrected chi connectivity index (χ0v) is 10.7. The van der Waals surface area contributed by atoms with E-state index in [1.54, 1.807) is 6.07 Å². The Kier molecular flexibility index (Phi) is 3.26. The highest BCUT2D eigenvalue weighted by molar-refractivity contribution is 5.37. The molecule has 0 amide bonds. The zero-order chi connectivity index (χ0) is 13.4. The number of halogens is 1. The second kappa shape index (κ2) is 4.92. The lowest BCUT2D eigenvalue weighted by atomic mass is 10.00. The molecular weight excluding hydrogens is 243 g/mol. The Bertz CT molecular complexity index is 525. The lowest BCUT2D eigenvalue weighted by Gasteiger charge is -2.18. The highest BCUT2D eigenvalue weighted by atomic mass is 19.1. The Morgan fingerprint density at radius 2 is 2.21 bits per heavy atom. The van der Waals surface area contributed by atoms with Crippen molar-refractivity contribution < 1.29 is 9.50 Å². The fourth-order valence-corrected chi connectivity index (χ4v) is 3.49. The van der Waals surface area contributed by atoms with Crippen molar-refractivity contribution in [2.45, 2.75) is 25.5 Å². The normalized spacial score (nSPS) is 30.3. The van der Waals surface area contributed by atoms with Gasteiger partial charge in [0.15, 0.2) is 0 Å². The topological polar surface area (TPSA) is 47.3 Å². The van der Waals surface area contributed by atoms with Crippen molar-refractivity contribution in [1.29, 1.82) is 5.26 Å². The molecule has 3 rings (SSSR count). The molecule has 1 saturated carbocycles. The molecule has 4 heteroatoms. The maximum Gasteiger partial charge on any atom is 0.124 e. The summed E-state index contributed by atoms with van der Waals surface area (Å²) in [5.41, 5.74) is 1.29. The van der Waals surface area contributed by atoms with Gasteiger partial charge in [0.05, 0.1) is 17.7 Å². The van der Waals surface area contributed by atoms with Gasteiger partial charge < -0.3 is 5.11 Å². The number of rotatable bonds is 2. The van der Waals surface area contributed by atoms with Crippen LogP contribution in [-0.2, 0) is 6.54 Å². The number of aliphatic hydroxyl groups excluding tert-OH is 1. The van der Waals surface area contributed by atoms with Crippen molar-refractivity contribution in [1.82, 2.24) is 4.90 Å². The van der Waals surface area contributed by atoms with Gasteiger partial charge in [0.25, 0.3) is 0 Å². The van der Waals surface area contributed by atoms with Crippen LogP contribution in [-0.4, -0.2) is 29.2 Å². The van der Waals surface area contributed by atoms with Gasteiger partial charge in [0.2, 0.25) is 0 Å². The summed E-state index contributed by atoms with van der Waals surface area (Å²) in [5.74, 6) is 0.598. The van der Waals surface area contributed by atoms with Gasteiger partial charge in [-0.3, -0.25) is 4.90 Å². The molecule has 1 N–H and O–H groups in total. The number of nitriles is 1. The lowest BCUT2D eigenvalue weighted by Crippen LogP contribution is -2.24. The van der Waals surface area contributed by atoms with E-state index in [4.69, 9.17) is 5.26 Å². The SMILES string of the molecule is N#Cc1cc(F)ccc1CN1CC2CCC(O)C2C1. The molecule has 1 aromatic rings. The summed E-state index contributed by atoms with van der Waals surface area (Å²) in [7, 11) is 0. The van der Waals surface area contributed by atoms with Gasteiger partial charge in [-0.25, -0.2) is 4.39 Å². The Labute approximate surface area is 112 Å². The average molecular weight is 260 g/mol. The van der Waals surface area contributed by atoms with Crippen LogP contribution < -0.4 is 0 Å². The number of aliphatic hydroxyl groups is 1. The molecule has 3 nitrogen and oxygen atoms in total. The highest BCUT2D eigenvalue weighted by Crippen LogP contribution is 2.38. The van der Waals surface area contributed by atoms with E-state index in [1.807, 2.05) is 0 Å². The monoisotopic (exact) mass is 260 g/mol. The van der Waals surface area contributed by atoms with Gasteiger partial charge in [0, 0.05) is 25.6 Å². The molecular formula is C15H17FN2O. The standard InChI is InChI=1S/C15H17FN2O/c16-13-3-1-10(12(5-13)6-17)7-18-8-11-2-4-15(19)14(11)9-18/h1,3,5,11,14-15,19H,2,4,7-9H2. The molecule has 1 aliphatic heterocycles. The minimum Gasteiger partial charge on any atom is -0.393 e. The quantitative estimate of drug-likeness (QED) is 0.883. The predicted octanol–water partition coefficient (Wildman–Crippen LogP) is 1.90. The van der Waals surface area contributed by atoms with Crippen molar-refractivity contribution in [2.75, 3.05) is 13.1 Å². The van der Waals surface area contributed by atoms with Gasteiger partial charge in [-0.15, -0.1) is 0 Å². The molecule has 2 fully saturated rings. The molecule has 0 spiro atoms. The number of hydrogen-bond acceptors (Lipinski definition) is 3. The number of fused-ring (bicyclic) bond motifs is 1. The Morgan fingerprint density at radius 1 is 1.37 bits per heavy atom. The summed E-state index contributed by atoms with van der Waals surface area (Å²) in [6.45, 7) is 2.53. The van der Waals surface area contributed by atoms with Crippen molar-refractivity contribution in [3.05, 3.63) is 35.1 Å². The van der Waals surface area contributed by atoms with Crippen molar-refractivity contribution in [3.63, 3.8) is 0 Å². The zero-order valence-electron chi connectivity index (χ0n) is 10.7. The smallest absolute Gasteiger partial charge is 0.124 e. The van der Waals surface area contributed by atoms with Gasteiger partial charge in [-0.05, 0) is 36.5 Å². The molecule has 2 aliphatic rings. The Morgan fingerprint density at radius 3 is 2.95 bits per heavy atom. The van der Waals surface area contributed by atoms with Crippen LogP contribution in [0.1, 0.15) is 24.0 Å². The molecule has 100 valence electrons. The third kappa shape index (κ3) is 2.36. The van der Waals surface area contributed by atoms with E-state index >= 15 is 0 Å². The van der Waals surface area contributed by atoms with Crippen LogP contribution in [0.5, 0.6) is 0 Å². The van der Waals surface area contributed by atoms with Crippen molar-refractivity contribution in [3.8, 4) is 6.07 Å². The van der Waals surface area contributed by atoms with Crippen LogP contribution in [0, 0.1) is 29.0 Å². The summed E-state index contributed by atoms with van der Waals surface area (Å²) < 4.78 is 13.1. The first-order chi connectivity index (χ1) is 9.17. The van der Waals surface area contributed by atoms with Gasteiger partial charge in [-0.2, -0.15) is 5.26 Å². The molecule has 3 unspecified atom stereocenters. The minimum absolute atomic E-state index is 0.168. The molecule has 1 aliphatic carbocycles. The molecule has 0 aromatic heterocycles. The predicted molar refractivity (Wildman–Crippen MR) is 68.6 cm³/mol. The molecule has 1 aromatic carbocycles. The second-order valence-corrected chi connectivity index (χ2v) is 5.68. The van der Waals surface area contributed by atoms with Gasteiger partial charge in [0.1, 0.15) is 5.82 Å². The van der Waals surface area contributed by atoms with E-state index in [0.29, 0.717) is 23.9 Å². The summed E-state index contributed by atoms with van der Waals surface area (Å²) in [6.07, 6.45) is 1.85. The van der Waals surface area contributed by atoms with Crippen molar-refractivity contribution in [2.24, 2.45) is 11.8 Å². The first-order valence-electron chi connectivity index (χ1n) is 6.76. The average Bonchev–Trinajstić information content (AvgIpc) is 2.94. The molecule has 19 heavy (non-hydrogen) atoms. The highest BCUT2D eigenvalue weighted by Gasteiger charge is 2.41. The third-order valence-electron chi connectivity index (χ3n) is 4.48. The number of likely N-dealkylation sites (tertiary alicyclic amines) is 1. The molecule has 1 heterocycles. The third-order valence-corrected chi connectivity index (χ3v) is 4.48. The van der Waals surface area contributed by atoms with Crippen LogP contribution in [0.4, 0.5) is 4.39 Å². The van der Waals surface area contributed by atoms with E-state index in [2.05, 4.69) is 11.0 Å². The molecule has 0 radical (unpaired) electrons. The number of hydrogen-bond donors (Lipinski definition) is 1. The maximum absolute atomic E-state index is 13.1. The Balaban J connectivity index is 1.72. The summed E-state index contributed by atoms with van der Waals surface area (Å²) in [4.78, 5) is 2.27. The van der Waals surface area contributed by atoms with E-state index in [9.17, 15) is 9.50 Å². The van der Waals surface area contributed by atoms with Gasteiger partial charge in [-0.1, -0.05) is 6.07 Å². The number of benzene rings is 1. The molecule has 0 bridgehead atoms. The van der Waals surface area contributed by atoms with E-state index in [0.717, 1.165) is 31.5 Å². The Hall–Kier alpha value is -1.44. The summed E-state index contributed by atoms with van der Waals surface area (Å²) in [6, 6.07) is 6.44. The van der Waals surface area contributed by atoms with E-state index < -0.39 is 0 Å². The minimum atomic E-state index is -0.367. The van der Waals surface area contributed by atoms with Crippen LogP contribution >= 0.6 is 0 Å². The van der Waals surface area contributed by atoms with Gasteiger partial charge >= 0.3 is 0 Å². The maximum atomic E-state index is 13.1. The fraction of sp³-hybridized carbons (Fsp3) is 0.533. The van der Waals surface area contributed by atoms with Crippen LogP contribution in [0.15, 0.2) is 18.2 Å². The van der Waals surface area contributed by atoms with Crippen molar-refractivity contribution >= 4 is 0 Å². The van der Waals surface area contributed by atoms with Crippen LogP contribution in [0.25, 0.3) is 0 Å². The molecule has 3 atom stereocenters. The molecule has 1 saturated heterocycles. The largest absolute Gasteiger partial charge is 0.393 e. The number of nitrogens with zero attached hydrogens (tertiary/aromatic N) is 2. The van der Waals surface area contributed by atoms with E-state index in [1.165, 1.54) is 12.1 Å². The van der Waals surface area contributed by atoms with E-state index in [-0.39, 0.29) is 11.9 Å². The summed E-state index contributed by atoms with van der Waals surface area (Å²) in [5, 5.41) is 18.9. The van der Waals surface area contributed by atoms with Crippen LogP contribution in [0.2, 0.25) is 0 Å². The first-order valence-corrected chi connectivity index (χ1v) is 6.76. The van der Waals surface area contributed by atoms with Crippen LogP contribution in [0.3, 0.4) is 0 Å².